The minimum Gasteiger partial charge on any atom is -0.465 e. The van der Waals surface area contributed by atoms with E-state index in [9.17, 15) is 10.1 Å². The molecule has 0 spiro atoms. The summed E-state index contributed by atoms with van der Waals surface area (Å²) in [6.45, 7) is 9.82. The van der Waals surface area contributed by atoms with Gasteiger partial charge in [0.15, 0.2) is 11.7 Å². The Bertz CT molecular complexity index is 996. The lowest BCUT2D eigenvalue weighted by Gasteiger charge is -2.39. The average molecular weight is 393 g/mol. The molecule has 29 heavy (non-hydrogen) atoms. The fraction of sp³-hybridized carbons (Fsp3) is 0.565. The third-order valence-corrected chi connectivity index (χ3v) is 6.19. The highest BCUT2D eigenvalue weighted by atomic mass is 16.5. The summed E-state index contributed by atoms with van der Waals surface area (Å²) in [7, 11) is 0. The molecule has 0 radical (unpaired) electrons. The molecule has 1 aliphatic carbocycles. The first-order valence-corrected chi connectivity index (χ1v) is 10.3. The number of aromatic nitrogens is 2. The molecule has 6 nitrogen and oxygen atoms in total. The van der Waals surface area contributed by atoms with Gasteiger partial charge in [-0.1, -0.05) is 32.9 Å². The van der Waals surface area contributed by atoms with E-state index in [4.69, 9.17) is 14.7 Å². The molecule has 1 aromatic carbocycles. The maximum Gasteiger partial charge on any atom is 0.329 e. The van der Waals surface area contributed by atoms with Crippen LogP contribution in [0.4, 0.5) is 5.82 Å². The number of anilines is 1. The van der Waals surface area contributed by atoms with Crippen molar-refractivity contribution in [2.24, 2.45) is 10.8 Å². The number of esters is 1. The van der Waals surface area contributed by atoms with Gasteiger partial charge < -0.3 is 9.64 Å². The van der Waals surface area contributed by atoms with Crippen molar-refractivity contribution in [1.29, 1.82) is 5.26 Å². The highest BCUT2D eigenvalue weighted by Crippen LogP contribution is 2.53. The van der Waals surface area contributed by atoms with Gasteiger partial charge in [-0.25, -0.2) is 9.97 Å². The lowest BCUT2D eigenvalue weighted by atomic mass is 9.65. The van der Waals surface area contributed by atoms with E-state index in [1.54, 1.807) is 6.92 Å². The number of carbonyl (C=O) groups excluding carboxylic acids is 1. The Balaban J connectivity index is 1.85. The zero-order valence-corrected chi connectivity index (χ0v) is 17.6. The Kier molecular flexibility index (Phi) is 4.72. The molecule has 2 bridgehead atoms. The van der Waals surface area contributed by atoms with E-state index in [0.29, 0.717) is 23.1 Å². The van der Waals surface area contributed by atoms with Crippen LogP contribution >= 0.6 is 0 Å². The van der Waals surface area contributed by atoms with Crippen LogP contribution in [0.15, 0.2) is 24.3 Å². The van der Waals surface area contributed by atoms with Gasteiger partial charge in [0.2, 0.25) is 0 Å². The van der Waals surface area contributed by atoms with Crippen molar-refractivity contribution in [2.75, 3.05) is 18.1 Å². The first kappa shape index (κ1) is 19.6. The molecule has 6 heteroatoms. The summed E-state index contributed by atoms with van der Waals surface area (Å²) in [4.78, 5) is 24.5. The fourth-order valence-electron chi connectivity index (χ4n) is 5.57. The third kappa shape index (κ3) is 3.55. The number of para-hydroxylation sites is 2. The summed E-state index contributed by atoms with van der Waals surface area (Å²) < 4.78 is 5.17. The van der Waals surface area contributed by atoms with Crippen molar-refractivity contribution < 1.29 is 9.53 Å². The minimum absolute atomic E-state index is 0.197. The maximum absolute atomic E-state index is 12.5. The Morgan fingerprint density at radius 3 is 2.62 bits per heavy atom. The van der Waals surface area contributed by atoms with Crippen LogP contribution < -0.4 is 4.90 Å². The number of hydrogen-bond donors (Lipinski definition) is 0. The Hall–Kier alpha value is -2.68. The molecule has 1 aliphatic heterocycles. The number of benzene rings is 1. The van der Waals surface area contributed by atoms with Crippen LogP contribution in [-0.2, 0) is 9.53 Å². The third-order valence-electron chi connectivity index (χ3n) is 6.19. The molecular weight excluding hydrogens is 364 g/mol. The van der Waals surface area contributed by atoms with Crippen molar-refractivity contribution in [1.82, 2.24) is 9.97 Å². The molecule has 3 unspecified atom stereocenters. The van der Waals surface area contributed by atoms with Gasteiger partial charge in [-0.3, -0.25) is 4.79 Å². The summed E-state index contributed by atoms with van der Waals surface area (Å²) >= 11 is 0. The van der Waals surface area contributed by atoms with Crippen molar-refractivity contribution in [3.05, 3.63) is 30.0 Å². The molecule has 152 valence electrons. The number of fused-ring (bicyclic) bond motifs is 3. The van der Waals surface area contributed by atoms with Crippen molar-refractivity contribution in [3.8, 4) is 6.07 Å². The maximum atomic E-state index is 12.5. The number of ether oxygens (including phenoxy) is 1. The van der Waals surface area contributed by atoms with Gasteiger partial charge in [0.05, 0.1) is 23.7 Å². The second-order valence-corrected chi connectivity index (χ2v) is 9.58. The van der Waals surface area contributed by atoms with Crippen molar-refractivity contribution >= 4 is 22.8 Å². The van der Waals surface area contributed by atoms with Crippen LogP contribution in [0.1, 0.15) is 58.6 Å². The molecule has 2 heterocycles. The molecule has 2 aromatic rings. The number of rotatable bonds is 4. The highest BCUT2D eigenvalue weighted by Gasteiger charge is 2.51. The van der Waals surface area contributed by atoms with Crippen molar-refractivity contribution in [2.45, 2.75) is 58.9 Å². The first-order valence-electron chi connectivity index (χ1n) is 10.3. The number of nitrogens with zero attached hydrogens (tertiary/aromatic N) is 4. The summed E-state index contributed by atoms with van der Waals surface area (Å²) in [6.07, 6.45) is 3.32. The van der Waals surface area contributed by atoms with Gasteiger partial charge in [0, 0.05) is 12.6 Å². The lowest BCUT2D eigenvalue weighted by Crippen LogP contribution is -2.35. The molecule has 1 aromatic heterocycles. The largest absolute Gasteiger partial charge is 0.465 e. The highest BCUT2D eigenvalue weighted by molar-refractivity contribution is 5.85. The molecule has 2 aliphatic rings. The van der Waals surface area contributed by atoms with Gasteiger partial charge in [0.25, 0.3) is 0 Å². The van der Waals surface area contributed by atoms with Crippen LogP contribution in [0.2, 0.25) is 0 Å². The summed E-state index contributed by atoms with van der Waals surface area (Å²) in [5, 5.41) is 9.80. The number of hydrogen-bond acceptors (Lipinski definition) is 6. The summed E-state index contributed by atoms with van der Waals surface area (Å²) in [5.41, 5.74) is 2.33. The second-order valence-electron chi connectivity index (χ2n) is 9.58. The van der Waals surface area contributed by atoms with E-state index in [2.05, 4.69) is 31.7 Å². The SMILES string of the molecule is CCOC(=O)C(C#N)c1nc2ccccc2nc1N1CC2(C)CC1CC(C)(C)C2. The van der Waals surface area contributed by atoms with Gasteiger partial charge in [-0.2, -0.15) is 5.26 Å². The Labute approximate surface area is 171 Å². The predicted octanol–water partition coefficient (Wildman–Crippen LogP) is 4.21. The molecule has 0 amide bonds. The van der Waals surface area contributed by atoms with Gasteiger partial charge >= 0.3 is 5.97 Å². The molecule has 4 rings (SSSR count). The minimum atomic E-state index is -1.08. The van der Waals surface area contributed by atoms with E-state index < -0.39 is 11.9 Å². The van der Waals surface area contributed by atoms with Gasteiger partial charge in [-0.05, 0) is 49.1 Å². The standard InChI is InChI=1S/C23H28N4O2/c1-5-29-21(28)16(12-24)19-20(26-18-9-7-6-8-17(18)25-19)27-14-23(4)11-15(27)10-22(2,3)13-23/h6-9,15-16H,5,10-11,13-14H2,1-4H3. The fourth-order valence-corrected chi connectivity index (χ4v) is 5.57. The predicted molar refractivity (Wildman–Crippen MR) is 111 cm³/mol. The smallest absolute Gasteiger partial charge is 0.329 e. The number of nitriles is 1. The molecule has 1 saturated carbocycles. The van der Waals surface area contributed by atoms with E-state index in [0.717, 1.165) is 31.3 Å². The summed E-state index contributed by atoms with van der Waals surface area (Å²) in [6, 6.07) is 10.1. The zero-order valence-electron chi connectivity index (χ0n) is 17.6. The zero-order chi connectivity index (χ0) is 20.8. The van der Waals surface area contributed by atoms with Crippen molar-refractivity contribution in [3.63, 3.8) is 0 Å². The van der Waals surface area contributed by atoms with Crippen LogP contribution in [0.25, 0.3) is 11.0 Å². The van der Waals surface area contributed by atoms with Crippen LogP contribution in [0.5, 0.6) is 0 Å². The van der Waals surface area contributed by atoms with Crippen LogP contribution in [0.3, 0.4) is 0 Å². The monoisotopic (exact) mass is 392 g/mol. The molecule has 1 saturated heterocycles. The van der Waals surface area contributed by atoms with E-state index in [-0.39, 0.29) is 17.4 Å². The Morgan fingerprint density at radius 2 is 1.97 bits per heavy atom. The lowest BCUT2D eigenvalue weighted by molar-refractivity contribution is -0.143. The van der Waals surface area contributed by atoms with Crippen LogP contribution in [0, 0.1) is 22.2 Å². The normalized spacial score (nSPS) is 26.2. The van der Waals surface area contributed by atoms with E-state index in [1.165, 1.54) is 0 Å². The molecule has 3 atom stereocenters. The van der Waals surface area contributed by atoms with Crippen LogP contribution in [-0.4, -0.2) is 35.1 Å². The quantitative estimate of drug-likeness (QED) is 0.726. The topological polar surface area (TPSA) is 79.1 Å². The molecule has 2 fully saturated rings. The molecular formula is C23H28N4O2. The van der Waals surface area contributed by atoms with E-state index in [1.807, 2.05) is 24.3 Å². The van der Waals surface area contributed by atoms with Gasteiger partial charge in [-0.15, -0.1) is 0 Å². The van der Waals surface area contributed by atoms with E-state index >= 15 is 0 Å². The average Bonchev–Trinajstić information content (AvgIpc) is 2.90. The first-order chi connectivity index (χ1) is 13.8. The molecule has 0 N–H and O–H groups in total. The second kappa shape index (κ2) is 6.98. The Morgan fingerprint density at radius 1 is 1.28 bits per heavy atom. The number of carbonyl (C=O) groups is 1. The van der Waals surface area contributed by atoms with Gasteiger partial charge in [0.1, 0.15) is 5.69 Å². The summed E-state index contributed by atoms with van der Waals surface area (Å²) in [5.74, 6) is -0.979.